The molecule has 2 rings (SSSR count). The molecule has 0 fully saturated rings. The van der Waals surface area contributed by atoms with E-state index in [1.807, 2.05) is 24.3 Å². The van der Waals surface area contributed by atoms with Crippen LogP contribution in [0.4, 0.5) is 11.4 Å². The highest BCUT2D eigenvalue weighted by Gasteiger charge is 2.04. The van der Waals surface area contributed by atoms with Gasteiger partial charge in [0.05, 0.1) is 4.92 Å². The molecule has 0 aliphatic carbocycles. The number of nitro groups is 1. The van der Waals surface area contributed by atoms with Crippen molar-refractivity contribution >= 4 is 23.4 Å². The maximum absolute atomic E-state index is 11.9. The lowest BCUT2D eigenvalue weighted by atomic mass is 10.1. The Morgan fingerprint density at radius 3 is 2.62 bits per heavy atom. The Morgan fingerprint density at radius 2 is 1.96 bits per heavy atom. The van der Waals surface area contributed by atoms with Gasteiger partial charge in [-0.05, 0) is 42.2 Å². The zero-order valence-electron chi connectivity index (χ0n) is 13.6. The molecule has 0 atom stereocenters. The molecule has 5 heteroatoms. The van der Waals surface area contributed by atoms with Gasteiger partial charge in [-0.15, -0.1) is 0 Å². The van der Waals surface area contributed by atoms with Gasteiger partial charge in [-0.3, -0.25) is 14.9 Å². The van der Waals surface area contributed by atoms with Gasteiger partial charge in [0.15, 0.2) is 0 Å². The third kappa shape index (κ3) is 5.35. The van der Waals surface area contributed by atoms with Crippen molar-refractivity contribution in [3.8, 4) is 0 Å². The highest BCUT2D eigenvalue weighted by atomic mass is 16.6. The number of nitro benzene ring substituents is 1. The molecule has 1 amide bonds. The lowest BCUT2D eigenvalue weighted by molar-refractivity contribution is -0.384. The molecule has 0 aromatic heterocycles. The fourth-order valence-corrected chi connectivity index (χ4v) is 2.23. The third-order valence-corrected chi connectivity index (χ3v) is 3.55. The summed E-state index contributed by atoms with van der Waals surface area (Å²) in [7, 11) is 0. The summed E-state index contributed by atoms with van der Waals surface area (Å²) < 4.78 is 0. The highest BCUT2D eigenvalue weighted by molar-refractivity contribution is 6.01. The van der Waals surface area contributed by atoms with Gasteiger partial charge in [0.25, 0.3) is 5.69 Å². The zero-order valence-corrected chi connectivity index (χ0v) is 13.6. The van der Waals surface area contributed by atoms with Gasteiger partial charge in [-0.2, -0.15) is 0 Å². The summed E-state index contributed by atoms with van der Waals surface area (Å²) in [4.78, 5) is 22.2. The maximum Gasteiger partial charge on any atom is 0.270 e. The molecular weight excluding hydrogens is 304 g/mol. The second-order valence-electron chi connectivity index (χ2n) is 5.48. The Kier molecular flexibility index (Phi) is 6.25. The molecule has 0 saturated carbocycles. The number of benzene rings is 2. The van der Waals surface area contributed by atoms with Crippen LogP contribution in [-0.4, -0.2) is 10.8 Å². The first-order valence-corrected chi connectivity index (χ1v) is 7.91. The molecule has 0 bridgehead atoms. The predicted molar refractivity (Wildman–Crippen MR) is 95.8 cm³/mol. The van der Waals surface area contributed by atoms with Crippen molar-refractivity contribution in [1.82, 2.24) is 0 Å². The first-order valence-electron chi connectivity index (χ1n) is 7.91. The number of carbonyl (C=O) groups excluding carboxylic acids is 1. The van der Waals surface area contributed by atoms with Crippen LogP contribution in [0.2, 0.25) is 0 Å². The minimum Gasteiger partial charge on any atom is -0.323 e. The van der Waals surface area contributed by atoms with Crippen molar-refractivity contribution in [1.29, 1.82) is 0 Å². The van der Waals surface area contributed by atoms with Gasteiger partial charge in [-0.1, -0.05) is 37.6 Å². The summed E-state index contributed by atoms with van der Waals surface area (Å²) in [5.41, 5.74) is 2.58. The van der Waals surface area contributed by atoms with E-state index < -0.39 is 4.92 Å². The van der Waals surface area contributed by atoms with Crippen molar-refractivity contribution < 1.29 is 9.72 Å². The van der Waals surface area contributed by atoms with Gasteiger partial charge in [0, 0.05) is 23.9 Å². The van der Waals surface area contributed by atoms with E-state index in [0.717, 1.165) is 24.9 Å². The van der Waals surface area contributed by atoms with Crippen LogP contribution >= 0.6 is 0 Å². The van der Waals surface area contributed by atoms with E-state index in [1.165, 1.54) is 23.8 Å². The van der Waals surface area contributed by atoms with Gasteiger partial charge < -0.3 is 5.32 Å². The molecule has 0 radical (unpaired) electrons. The number of carbonyl (C=O) groups is 1. The van der Waals surface area contributed by atoms with Crippen LogP contribution in [0.3, 0.4) is 0 Å². The monoisotopic (exact) mass is 324 g/mol. The maximum atomic E-state index is 11.9. The van der Waals surface area contributed by atoms with Crippen molar-refractivity contribution in [2.24, 2.45) is 0 Å². The summed E-state index contributed by atoms with van der Waals surface area (Å²) in [5, 5.41) is 13.5. The number of nitrogens with one attached hydrogen (secondary N) is 1. The number of nitrogens with zero attached hydrogens (tertiary/aromatic N) is 1. The predicted octanol–water partition coefficient (Wildman–Crippen LogP) is 4.59. The van der Waals surface area contributed by atoms with Crippen LogP contribution in [0, 0.1) is 10.1 Å². The standard InChI is InChI=1S/C19H20N2O3/c1-2-3-5-15-8-11-17(12-9-15)20-19(22)13-10-16-6-4-7-18(14-16)21(23)24/h4,6-14H,2-3,5H2,1H3,(H,20,22)/b13-10+. The Balaban J connectivity index is 1.95. The van der Waals surface area contributed by atoms with Gasteiger partial charge in [0.1, 0.15) is 0 Å². The highest BCUT2D eigenvalue weighted by Crippen LogP contribution is 2.15. The number of anilines is 1. The number of unbranched alkanes of at least 4 members (excludes halogenated alkanes) is 1. The fraction of sp³-hybridized carbons (Fsp3) is 0.211. The molecule has 2 aromatic carbocycles. The molecule has 0 saturated heterocycles. The first-order chi connectivity index (χ1) is 11.6. The second-order valence-corrected chi connectivity index (χ2v) is 5.48. The molecule has 24 heavy (non-hydrogen) atoms. The topological polar surface area (TPSA) is 72.2 Å². The van der Waals surface area contributed by atoms with Crippen molar-refractivity contribution in [3.05, 3.63) is 75.8 Å². The molecule has 0 heterocycles. The average molecular weight is 324 g/mol. The summed E-state index contributed by atoms with van der Waals surface area (Å²) in [5.74, 6) is -0.275. The van der Waals surface area contributed by atoms with Crippen molar-refractivity contribution in [2.45, 2.75) is 26.2 Å². The van der Waals surface area contributed by atoms with E-state index >= 15 is 0 Å². The van der Waals surface area contributed by atoms with E-state index in [-0.39, 0.29) is 11.6 Å². The van der Waals surface area contributed by atoms with E-state index in [9.17, 15) is 14.9 Å². The normalized spacial score (nSPS) is 10.7. The van der Waals surface area contributed by atoms with Crippen LogP contribution < -0.4 is 5.32 Å². The van der Waals surface area contributed by atoms with Gasteiger partial charge in [-0.25, -0.2) is 0 Å². The van der Waals surface area contributed by atoms with Crippen molar-refractivity contribution in [2.75, 3.05) is 5.32 Å². The number of hydrogen-bond acceptors (Lipinski definition) is 3. The summed E-state index contributed by atoms with van der Waals surface area (Å²) in [6.07, 6.45) is 6.26. The third-order valence-electron chi connectivity index (χ3n) is 3.55. The Labute approximate surface area is 141 Å². The molecular formula is C19H20N2O3. The summed E-state index contributed by atoms with van der Waals surface area (Å²) in [6.45, 7) is 2.16. The SMILES string of the molecule is CCCCc1ccc(NC(=O)/C=C/c2cccc([N+](=O)[O-])c2)cc1. The van der Waals surface area contributed by atoms with E-state index in [4.69, 9.17) is 0 Å². The number of rotatable bonds is 7. The number of hydrogen-bond donors (Lipinski definition) is 1. The minimum absolute atomic E-state index is 0.000209. The number of amides is 1. The lowest BCUT2D eigenvalue weighted by Gasteiger charge is -2.04. The molecule has 0 aliphatic rings. The average Bonchev–Trinajstić information content (AvgIpc) is 2.59. The van der Waals surface area contributed by atoms with Gasteiger partial charge in [0.2, 0.25) is 5.91 Å². The quantitative estimate of drug-likeness (QED) is 0.460. The molecule has 0 spiro atoms. The number of aryl methyl sites for hydroxylation is 1. The fourth-order valence-electron chi connectivity index (χ4n) is 2.23. The van der Waals surface area contributed by atoms with E-state index in [1.54, 1.807) is 18.2 Å². The molecule has 2 aromatic rings. The van der Waals surface area contributed by atoms with E-state index in [0.29, 0.717) is 5.56 Å². The Hall–Kier alpha value is -2.95. The zero-order chi connectivity index (χ0) is 17.4. The smallest absolute Gasteiger partial charge is 0.270 e. The molecule has 0 aliphatic heterocycles. The van der Waals surface area contributed by atoms with Crippen LogP contribution in [0.15, 0.2) is 54.6 Å². The van der Waals surface area contributed by atoms with E-state index in [2.05, 4.69) is 12.2 Å². The van der Waals surface area contributed by atoms with Crippen molar-refractivity contribution in [3.63, 3.8) is 0 Å². The number of non-ortho nitro benzene ring substituents is 1. The molecule has 124 valence electrons. The van der Waals surface area contributed by atoms with Crippen LogP contribution in [0.1, 0.15) is 30.9 Å². The largest absolute Gasteiger partial charge is 0.323 e. The molecule has 5 nitrogen and oxygen atoms in total. The first kappa shape index (κ1) is 17.4. The summed E-state index contributed by atoms with van der Waals surface area (Å²) >= 11 is 0. The Morgan fingerprint density at radius 1 is 1.21 bits per heavy atom. The summed E-state index contributed by atoms with van der Waals surface area (Å²) in [6, 6.07) is 13.9. The van der Waals surface area contributed by atoms with Crippen LogP contribution in [0.5, 0.6) is 0 Å². The molecule has 1 N–H and O–H groups in total. The molecule has 0 unspecified atom stereocenters. The second kappa shape index (κ2) is 8.62. The van der Waals surface area contributed by atoms with Crippen LogP contribution in [0.25, 0.3) is 6.08 Å². The van der Waals surface area contributed by atoms with Crippen LogP contribution in [-0.2, 0) is 11.2 Å². The minimum atomic E-state index is -0.461. The lowest BCUT2D eigenvalue weighted by Crippen LogP contribution is -2.07. The van der Waals surface area contributed by atoms with Gasteiger partial charge >= 0.3 is 0 Å². The Bertz CT molecular complexity index is 737.